The van der Waals surface area contributed by atoms with Crippen LogP contribution in [0.25, 0.3) is 22.5 Å². The van der Waals surface area contributed by atoms with Crippen LogP contribution in [0.15, 0.2) is 69.7 Å². The summed E-state index contributed by atoms with van der Waals surface area (Å²) in [5.74, 6) is 2.28. The molecular weight excluding hydrogens is 474 g/mol. The third-order valence-corrected chi connectivity index (χ3v) is 5.60. The number of rotatable bonds is 7. The molecule has 6 nitrogen and oxygen atoms in total. The van der Waals surface area contributed by atoms with Crippen molar-refractivity contribution in [3.8, 4) is 45.4 Å². The highest BCUT2D eigenvalue weighted by molar-refractivity contribution is 9.10. The molecule has 0 spiro atoms. The molecule has 0 aliphatic rings. The quantitative estimate of drug-likeness (QED) is 0.320. The summed E-state index contributed by atoms with van der Waals surface area (Å²) in [5, 5.41) is 14.8. The summed E-state index contributed by atoms with van der Waals surface area (Å²) in [6, 6.07) is 18.6. The van der Waals surface area contributed by atoms with Crippen molar-refractivity contribution in [2.24, 2.45) is 0 Å². The maximum Gasteiger partial charge on any atom is 0.178 e. The molecule has 164 valence electrons. The van der Waals surface area contributed by atoms with E-state index >= 15 is 0 Å². The van der Waals surface area contributed by atoms with E-state index in [1.54, 1.807) is 32.4 Å². The number of nitrogens with zero attached hydrogens (tertiary/aromatic N) is 1. The zero-order valence-corrected chi connectivity index (χ0v) is 19.5. The predicted octanol–water partition coefficient (Wildman–Crippen LogP) is 6.38. The van der Waals surface area contributed by atoms with Crippen molar-refractivity contribution in [1.29, 1.82) is 0 Å². The lowest BCUT2D eigenvalue weighted by Gasteiger charge is -2.11. The van der Waals surface area contributed by atoms with Gasteiger partial charge in [0.25, 0.3) is 0 Å². The minimum Gasteiger partial charge on any atom is -0.507 e. The van der Waals surface area contributed by atoms with Gasteiger partial charge in [-0.3, -0.25) is 0 Å². The Morgan fingerprint density at radius 2 is 1.69 bits per heavy atom. The lowest BCUT2D eigenvalue weighted by Crippen LogP contribution is -1.95. The van der Waals surface area contributed by atoms with Crippen molar-refractivity contribution < 1.29 is 23.8 Å². The summed E-state index contributed by atoms with van der Waals surface area (Å²) in [5.41, 5.74) is 3.85. The first-order valence-corrected chi connectivity index (χ1v) is 10.7. The number of aromatic nitrogens is 1. The first kappa shape index (κ1) is 21.8. The van der Waals surface area contributed by atoms with Gasteiger partial charge in [0.2, 0.25) is 0 Å². The lowest BCUT2D eigenvalue weighted by atomic mass is 9.99. The molecule has 3 aromatic carbocycles. The average molecular weight is 496 g/mol. The van der Waals surface area contributed by atoms with Crippen molar-refractivity contribution in [3.05, 3.63) is 76.4 Å². The molecule has 0 bridgehead atoms. The minimum atomic E-state index is 0.0381. The van der Waals surface area contributed by atoms with Gasteiger partial charge in [-0.2, -0.15) is 0 Å². The Balaban J connectivity index is 1.63. The van der Waals surface area contributed by atoms with E-state index in [4.69, 9.17) is 18.7 Å². The van der Waals surface area contributed by atoms with Gasteiger partial charge >= 0.3 is 0 Å². The molecule has 1 N–H and O–H groups in total. The van der Waals surface area contributed by atoms with Crippen LogP contribution in [0, 0.1) is 6.92 Å². The number of phenolic OH excluding ortho intramolecular Hbond substituents is 1. The monoisotopic (exact) mass is 495 g/mol. The summed E-state index contributed by atoms with van der Waals surface area (Å²) in [7, 11) is 3.17. The molecule has 4 rings (SSSR count). The van der Waals surface area contributed by atoms with Gasteiger partial charge in [-0.1, -0.05) is 39.3 Å². The van der Waals surface area contributed by atoms with E-state index < -0.39 is 0 Å². The first-order chi connectivity index (χ1) is 15.5. The fourth-order valence-electron chi connectivity index (χ4n) is 3.43. The van der Waals surface area contributed by atoms with Gasteiger partial charge in [0.05, 0.1) is 31.0 Å². The van der Waals surface area contributed by atoms with Crippen LogP contribution in [0.4, 0.5) is 0 Å². The Morgan fingerprint density at radius 3 is 2.38 bits per heavy atom. The van der Waals surface area contributed by atoms with E-state index in [2.05, 4.69) is 21.1 Å². The van der Waals surface area contributed by atoms with Crippen LogP contribution < -0.4 is 14.2 Å². The topological polar surface area (TPSA) is 74.0 Å². The van der Waals surface area contributed by atoms with Crippen molar-refractivity contribution in [2.75, 3.05) is 14.2 Å². The number of aryl methyl sites for hydroxylation is 1. The van der Waals surface area contributed by atoms with Crippen molar-refractivity contribution in [2.45, 2.75) is 13.5 Å². The molecule has 1 aromatic heterocycles. The van der Waals surface area contributed by atoms with Gasteiger partial charge in [-0.25, -0.2) is 0 Å². The summed E-state index contributed by atoms with van der Waals surface area (Å²) in [6.07, 6.45) is 0. The summed E-state index contributed by atoms with van der Waals surface area (Å²) >= 11 is 3.42. The summed E-state index contributed by atoms with van der Waals surface area (Å²) in [6.45, 7) is 2.25. The van der Waals surface area contributed by atoms with E-state index in [0.29, 0.717) is 40.9 Å². The highest BCUT2D eigenvalue weighted by Crippen LogP contribution is 2.42. The second kappa shape index (κ2) is 9.36. The second-order valence-corrected chi connectivity index (χ2v) is 8.05. The Labute approximate surface area is 194 Å². The Bertz CT molecular complexity index is 1230. The van der Waals surface area contributed by atoms with Crippen LogP contribution in [0.5, 0.6) is 23.0 Å². The Hall–Kier alpha value is -3.45. The summed E-state index contributed by atoms with van der Waals surface area (Å²) in [4.78, 5) is 0. The van der Waals surface area contributed by atoms with Crippen LogP contribution >= 0.6 is 15.9 Å². The smallest absolute Gasteiger partial charge is 0.178 e. The molecule has 0 unspecified atom stereocenters. The SMILES string of the molecule is COc1ccc(-c2c(C)noc2-c2ccc(OCc3ccc(Br)cc3)cc2O)cc1OC. The maximum absolute atomic E-state index is 10.7. The molecule has 4 aromatic rings. The van der Waals surface area contributed by atoms with Crippen LogP contribution in [-0.2, 0) is 6.61 Å². The predicted molar refractivity (Wildman–Crippen MR) is 125 cm³/mol. The van der Waals surface area contributed by atoms with Gasteiger partial charge < -0.3 is 23.8 Å². The standard InChI is InChI=1S/C25H22BrNO5/c1-15-24(17-6-11-22(29-2)23(12-17)30-3)25(32-27-15)20-10-9-19(13-21(20)28)31-14-16-4-7-18(26)8-5-16/h4-13,28H,14H2,1-3H3. The van der Waals surface area contributed by atoms with E-state index in [-0.39, 0.29) is 5.75 Å². The van der Waals surface area contributed by atoms with Crippen LogP contribution in [0.2, 0.25) is 0 Å². The number of aromatic hydroxyl groups is 1. The van der Waals surface area contributed by atoms with Crippen LogP contribution in [0.3, 0.4) is 0 Å². The second-order valence-electron chi connectivity index (χ2n) is 7.14. The molecule has 0 aliphatic heterocycles. The van der Waals surface area contributed by atoms with Crippen molar-refractivity contribution >= 4 is 15.9 Å². The lowest BCUT2D eigenvalue weighted by molar-refractivity contribution is 0.304. The van der Waals surface area contributed by atoms with Gasteiger partial charge in [0, 0.05) is 10.5 Å². The Kier molecular flexibility index (Phi) is 6.37. The largest absolute Gasteiger partial charge is 0.507 e. The van der Waals surface area contributed by atoms with Gasteiger partial charge in [-0.15, -0.1) is 0 Å². The molecule has 0 amide bonds. The van der Waals surface area contributed by atoms with E-state index in [9.17, 15) is 5.11 Å². The molecule has 1 heterocycles. The Morgan fingerprint density at radius 1 is 0.938 bits per heavy atom. The number of phenols is 1. The molecule has 32 heavy (non-hydrogen) atoms. The van der Waals surface area contributed by atoms with Crippen molar-refractivity contribution in [1.82, 2.24) is 5.16 Å². The van der Waals surface area contributed by atoms with Crippen LogP contribution in [-0.4, -0.2) is 24.5 Å². The number of hydrogen-bond donors (Lipinski definition) is 1. The van der Waals surface area contributed by atoms with Gasteiger partial charge in [-0.05, 0) is 54.4 Å². The molecule has 0 saturated carbocycles. The number of hydrogen-bond acceptors (Lipinski definition) is 6. The third-order valence-electron chi connectivity index (χ3n) is 5.07. The summed E-state index contributed by atoms with van der Waals surface area (Å²) < 4.78 is 23.2. The molecule has 0 saturated heterocycles. The zero-order valence-electron chi connectivity index (χ0n) is 17.9. The zero-order chi connectivity index (χ0) is 22.7. The molecule has 0 radical (unpaired) electrons. The number of benzene rings is 3. The van der Waals surface area contributed by atoms with Crippen molar-refractivity contribution in [3.63, 3.8) is 0 Å². The number of halogens is 1. The molecular formula is C25H22BrNO5. The molecule has 7 heteroatoms. The average Bonchev–Trinajstić information content (AvgIpc) is 3.19. The fourth-order valence-corrected chi connectivity index (χ4v) is 3.69. The number of ether oxygens (including phenoxy) is 3. The fraction of sp³-hybridized carbons (Fsp3) is 0.160. The van der Waals surface area contributed by atoms with E-state index in [1.807, 2.05) is 49.4 Å². The molecule has 0 aliphatic carbocycles. The van der Waals surface area contributed by atoms with Gasteiger partial charge in [0.15, 0.2) is 17.3 Å². The van der Waals surface area contributed by atoms with E-state index in [0.717, 1.165) is 21.2 Å². The molecule has 0 fully saturated rings. The normalized spacial score (nSPS) is 10.8. The van der Waals surface area contributed by atoms with Gasteiger partial charge in [0.1, 0.15) is 18.1 Å². The minimum absolute atomic E-state index is 0.0381. The highest BCUT2D eigenvalue weighted by atomic mass is 79.9. The van der Waals surface area contributed by atoms with Crippen LogP contribution in [0.1, 0.15) is 11.3 Å². The first-order valence-electron chi connectivity index (χ1n) is 9.89. The highest BCUT2D eigenvalue weighted by Gasteiger charge is 2.21. The third kappa shape index (κ3) is 4.43. The maximum atomic E-state index is 10.7. The molecule has 0 atom stereocenters. The van der Waals surface area contributed by atoms with E-state index in [1.165, 1.54) is 0 Å². The number of methoxy groups -OCH3 is 2.